The number of halogens is 1. The molecule has 0 aromatic rings. The molecule has 0 saturated carbocycles. The Hall–Kier alpha value is 0.290. The Labute approximate surface area is 71.6 Å². The van der Waals surface area contributed by atoms with E-state index in [1.165, 1.54) is 23.7 Å². The lowest BCUT2D eigenvalue weighted by molar-refractivity contribution is 0.748. The summed E-state index contributed by atoms with van der Waals surface area (Å²) in [4.78, 5) is 0. The average molecular weight is 236 g/mol. The second-order valence-electron chi connectivity index (χ2n) is 1.93. The van der Waals surface area contributed by atoms with Crippen molar-refractivity contribution in [2.45, 2.75) is 32.6 Å². The minimum atomic E-state index is 1.09. The first kappa shape index (κ1) is 9.29. The van der Waals surface area contributed by atoms with Crippen LogP contribution in [0.25, 0.3) is 0 Å². The van der Waals surface area contributed by atoms with Gasteiger partial charge in [0.1, 0.15) is 0 Å². The van der Waals surface area contributed by atoms with Gasteiger partial charge in [-0.2, -0.15) is 0 Å². The molecule has 0 spiro atoms. The summed E-state index contributed by atoms with van der Waals surface area (Å²) in [6, 6.07) is 0. The molecular formula is C8H13I. The van der Waals surface area contributed by atoms with E-state index in [-0.39, 0.29) is 0 Å². The highest BCUT2D eigenvalue weighted by molar-refractivity contribution is 14.1. The molecule has 0 radical (unpaired) electrons. The molecule has 0 aromatic heterocycles. The quantitative estimate of drug-likeness (QED) is 0.304. The minimum Gasteiger partial charge on any atom is -0.107 e. The van der Waals surface area contributed by atoms with Gasteiger partial charge in [-0.1, -0.05) is 29.0 Å². The van der Waals surface area contributed by atoms with Gasteiger partial charge >= 0.3 is 0 Å². The van der Waals surface area contributed by atoms with Gasteiger partial charge in [-0.05, 0) is 24.2 Å². The molecule has 0 amide bonds. The molecule has 52 valence electrons. The predicted octanol–water partition coefficient (Wildman–Crippen LogP) is 3.01. The van der Waals surface area contributed by atoms with Gasteiger partial charge in [0.05, 0.1) is 0 Å². The van der Waals surface area contributed by atoms with Crippen molar-refractivity contribution in [3.63, 3.8) is 0 Å². The van der Waals surface area contributed by atoms with Crippen LogP contribution >= 0.6 is 22.6 Å². The van der Waals surface area contributed by atoms with E-state index in [1.54, 1.807) is 0 Å². The highest BCUT2D eigenvalue weighted by Gasteiger charge is 1.83. The average Bonchev–Trinajstić information content (AvgIpc) is 1.89. The molecule has 0 aliphatic heterocycles. The first-order chi connectivity index (χ1) is 4.41. The lowest BCUT2D eigenvalue weighted by Gasteiger charge is -1.90. The van der Waals surface area contributed by atoms with Crippen LogP contribution in [0.5, 0.6) is 0 Å². The molecule has 0 atom stereocenters. The largest absolute Gasteiger partial charge is 0.107 e. The highest BCUT2D eigenvalue weighted by Crippen LogP contribution is 2.00. The lowest BCUT2D eigenvalue weighted by atomic mass is 10.2. The van der Waals surface area contributed by atoms with Gasteiger partial charge < -0.3 is 0 Å². The molecule has 0 bridgehead atoms. The normalized spacial score (nSPS) is 8.22. The van der Waals surface area contributed by atoms with E-state index in [1.807, 2.05) is 6.92 Å². The summed E-state index contributed by atoms with van der Waals surface area (Å²) in [5.41, 5.74) is 0. The van der Waals surface area contributed by atoms with Crippen LogP contribution in [0.2, 0.25) is 0 Å². The fourth-order valence-corrected chi connectivity index (χ4v) is 1.15. The maximum absolute atomic E-state index is 3.05. The summed E-state index contributed by atoms with van der Waals surface area (Å²) in [7, 11) is 0. The van der Waals surface area contributed by atoms with E-state index < -0.39 is 0 Å². The van der Waals surface area contributed by atoms with Crippen molar-refractivity contribution in [3.8, 4) is 11.8 Å². The van der Waals surface area contributed by atoms with Crippen molar-refractivity contribution >= 4 is 22.6 Å². The predicted molar refractivity (Wildman–Crippen MR) is 50.8 cm³/mol. The summed E-state index contributed by atoms with van der Waals surface area (Å²) >= 11 is 2.41. The van der Waals surface area contributed by atoms with Gasteiger partial charge in [0.25, 0.3) is 0 Å². The van der Waals surface area contributed by atoms with E-state index in [9.17, 15) is 0 Å². The third-order valence-electron chi connectivity index (χ3n) is 1.11. The summed E-state index contributed by atoms with van der Waals surface area (Å²) in [5.74, 6) is 5.95. The molecule has 0 aromatic carbocycles. The van der Waals surface area contributed by atoms with E-state index in [0.29, 0.717) is 0 Å². The fourth-order valence-electron chi connectivity index (χ4n) is 0.610. The monoisotopic (exact) mass is 236 g/mol. The number of hydrogen-bond donors (Lipinski definition) is 0. The van der Waals surface area contributed by atoms with Gasteiger partial charge in [-0.15, -0.1) is 11.8 Å². The van der Waals surface area contributed by atoms with E-state index in [2.05, 4.69) is 34.4 Å². The highest BCUT2D eigenvalue weighted by atomic mass is 127. The Morgan fingerprint density at radius 1 is 1.22 bits per heavy atom. The van der Waals surface area contributed by atoms with Crippen molar-refractivity contribution < 1.29 is 0 Å². The summed E-state index contributed by atoms with van der Waals surface area (Å²) in [6.07, 6.45) is 5.07. The molecule has 0 N–H and O–H groups in total. The van der Waals surface area contributed by atoms with Gasteiger partial charge in [-0.25, -0.2) is 0 Å². The van der Waals surface area contributed by atoms with Gasteiger partial charge in [0.2, 0.25) is 0 Å². The maximum Gasteiger partial charge on any atom is 0.00885 e. The Morgan fingerprint density at radius 3 is 2.56 bits per heavy atom. The third-order valence-corrected chi connectivity index (χ3v) is 1.87. The standard InChI is InChI=1S/C8H13I/c1-2-3-4-5-6-7-8-9/h4-8H2,1H3. The molecule has 0 fully saturated rings. The Kier molecular flexibility index (Phi) is 8.56. The smallest absolute Gasteiger partial charge is 0.00885 e. The van der Waals surface area contributed by atoms with Crippen molar-refractivity contribution in [1.29, 1.82) is 0 Å². The molecule has 0 unspecified atom stereocenters. The molecule has 0 heterocycles. The first-order valence-corrected chi connectivity index (χ1v) is 4.90. The Morgan fingerprint density at radius 2 is 2.00 bits per heavy atom. The van der Waals surface area contributed by atoms with Crippen LogP contribution in [0, 0.1) is 11.8 Å². The van der Waals surface area contributed by atoms with Crippen LogP contribution in [-0.4, -0.2) is 4.43 Å². The van der Waals surface area contributed by atoms with Crippen molar-refractivity contribution in [2.24, 2.45) is 0 Å². The van der Waals surface area contributed by atoms with Gasteiger partial charge in [0, 0.05) is 6.42 Å². The number of unbranched alkanes of at least 4 members (excludes halogenated alkanes) is 3. The molecular weight excluding hydrogens is 223 g/mol. The van der Waals surface area contributed by atoms with Gasteiger partial charge in [0.15, 0.2) is 0 Å². The first-order valence-electron chi connectivity index (χ1n) is 3.37. The lowest BCUT2D eigenvalue weighted by Crippen LogP contribution is -1.75. The molecule has 0 nitrogen and oxygen atoms in total. The molecule has 0 saturated heterocycles. The summed E-state index contributed by atoms with van der Waals surface area (Å²) in [6.45, 7) is 1.90. The van der Waals surface area contributed by atoms with Crippen molar-refractivity contribution in [1.82, 2.24) is 0 Å². The van der Waals surface area contributed by atoms with E-state index in [4.69, 9.17) is 0 Å². The zero-order chi connectivity index (χ0) is 6.95. The zero-order valence-electron chi connectivity index (χ0n) is 5.91. The van der Waals surface area contributed by atoms with Crippen LogP contribution in [0.3, 0.4) is 0 Å². The number of rotatable bonds is 4. The Bertz CT molecular complexity index is 96.9. The van der Waals surface area contributed by atoms with Crippen molar-refractivity contribution in [3.05, 3.63) is 0 Å². The SMILES string of the molecule is CC#CCCCCCI. The van der Waals surface area contributed by atoms with E-state index in [0.717, 1.165) is 6.42 Å². The molecule has 0 rings (SSSR count). The fraction of sp³-hybridized carbons (Fsp3) is 0.750. The van der Waals surface area contributed by atoms with Crippen LogP contribution in [-0.2, 0) is 0 Å². The van der Waals surface area contributed by atoms with E-state index >= 15 is 0 Å². The Balaban J connectivity index is 2.80. The number of hydrogen-bond acceptors (Lipinski definition) is 0. The van der Waals surface area contributed by atoms with Crippen LogP contribution in [0.4, 0.5) is 0 Å². The third kappa shape index (κ3) is 8.29. The molecule has 0 aliphatic rings. The minimum absolute atomic E-state index is 1.09. The molecule has 9 heavy (non-hydrogen) atoms. The zero-order valence-corrected chi connectivity index (χ0v) is 8.07. The molecule has 1 heteroatoms. The second kappa shape index (κ2) is 8.29. The van der Waals surface area contributed by atoms with Crippen LogP contribution in [0.15, 0.2) is 0 Å². The summed E-state index contributed by atoms with van der Waals surface area (Å²) < 4.78 is 1.29. The second-order valence-corrected chi connectivity index (χ2v) is 3.01. The topological polar surface area (TPSA) is 0 Å². The van der Waals surface area contributed by atoms with Crippen LogP contribution in [0.1, 0.15) is 32.6 Å². The summed E-state index contributed by atoms with van der Waals surface area (Å²) in [5, 5.41) is 0. The molecule has 0 aliphatic carbocycles. The van der Waals surface area contributed by atoms with Gasteiger partial charge in [-0.3, -0.25) is 0 Å². The van der Waals surface area contributed by atoms with Crippen LogP contribution < -0.4 is 0 Å². The number of alkyl halides is 1. The van der Waals surface area contributed by atoms with Crippen molar-refractivity contribution in [2.75, 3.05) is 4.43 Å². The maximum atomic E-state index is 3.05.